The largest absolute Gasteiger partial charge is 0.347 e. The van der Waals surface area contributed by atoms with E-state index in [0.29, 0.717) is 18.2 Å². The van der Waals surface area contributed by atoms with Crippen molar-refractivity contribution in [2.45, 2.75) is 25.4 Å². The minimum Gasteiger partial charge on any atom is -0.347 e. The third-order valence-corrected chi connectivity index (χ3v) is 4.10. The van der Waals surface area contributed by atoms with E-state index < -0.39 is 0 Å². The molecule has 2 aliphatic heterocycles. The first-order chi connectivity index (χ1) is 10.1. The van der Waals surface area contributed by atoms with Gasteiger partial charge in [0.1, 0.15) is 6.54 Å². The molecule has 3 rings (SSSR count). The van der Waals surface area contributed by atoms with Crippen molar-refractivity contribution in [3.05, 3.63) is 29.1 Å². The fourth-order valence-corrected chi connectivity index (χ4v) is 2.82. The number of nitrogens with zero attached hydrogens (tertiary/aromatic N) is 3. The van der Waals surface area contributed by atoms with Gasteiger partial charge >= 0.3 is 0 Å². The molecule has 0 saturated carbocycles. The van der Waals surface area contributed by atoms with E-state index in [1.807, 2.05) is 12.1 Å². The number of carbonyl (C=O) groups excluding carboxylic acids is 2. The third kappa shape index (κ3) is 2.63. The van der Waals surface area contributed by atoms with Crippen molar-refractivity contribution in [2.24, 2.45) is 0 Å². The van der Waals surface area contributed by atoms with Crippen molar-refractivity contribution in [3.63, 3.8) is 0 Å². The Bertz CT molecular complexity index is 579. The molecule has 3 heterocycles. The molecule has 2 aliphatic rings. The lowest BCUT2D eigenvalue weighted by Crippen LogP contribution is -2.36. The van der Waals surface area contributed by atoms with Crippen LogP contribution in [0.3, 0.4) is 0 Å². The molecule has 21 heavy (non-hydrogen) atoms. The van der Waals surface area contributed by atoms with Crippen LogP contribution < -0.4 is 5.32 Å². The number of hydrogen-bond donors (Lipinski definition) is 1. The van der Waals surface area contributed by atoms with Crippen molar-refractivity contribution >= 4 is 11.8 Å². The molecular weight excluding hydrogens is 268 g/mol. The highest BCUT2D eigenvalue weighted by Gasteiger charge is 2.31. The lowest BCUT2D eigenvalue weighted by atomic mass is 10.1. The number of fused-ring (bicyclic) bond motifs is 1. The fourth-order valence-electron chi connectivity index (χ4n) is 2.82. The Kier molecular flexibility index (Phi) is 3.63. The number of carbonyl (C=O) groups is 2. The maximum atomic E-state index is 12.3. The summed E-state index contributed by atoms with van der Waals surface area (Å²) in [5.74, 6) is -0.174. The van der Waals surface area contributed by atoms with E-state index in [2.05, 4.69) is 10.3 Å². The molecule has 0 aliphatic carbocycles. The summed E-state index contributed by atoms with van der Waals surface area (Å²) in [7, 11) is 3.39. The van der Waals surface area contributed by atoms with Gasteiger partial charge in [-0.25, -0.2) is 0 Å². The van der Waals surface area contributed by atoms with Gasteiger partial charge in [0, 0.05) is 20.1 Å². The van der Waals surface area contributed by atoms with Crippen molar-refractivity contribution in [3.8, 4) is 0 Å². The van der Waals surface area contributed by atoms with Crippen LogP contribution in [-0.4, -0.2) is 53.8 Å². The number of aromatic nitrogens is 1. The second-order valence-electron chi connectivity index (χ2n) is 5.83. The van der Waals surface area contributed by atoms with Gasteiger partial charge in [-0.3, -0.25) is 14.6 Å². The molecule has 0 spiro atoms. The van der Waals surface area contributed by atoms with Crippen molar-refractivity contribution in [1.29, 1.82) is 0 Å². The van der Waals surface area contributed by atoms with Crippen LogP contribution in [0.5, 0.6) is 0 Å². The van der Waals surface area contributed by atoms with E-state index in [4.69, 9.17) is 0 Å². The first kappa shape index (κ1) is 14.0. The predicted octanol–water partition coefficient (Wildman–Crippen LogP) is 0.550. The molecule has 6 heteroatoms. The lowest BCUT2D eigenvalue weighted by Gasteiger charge is -2.17. The molecule has 1 atom stereocenters. The van der Waals surface area contributed by atoms with Crippen molar-refractivity contribution in [1.82, 2.24) is 20.1 Å². The number of hydrogen-bond acceptors (Lipinski definition) is 4. The maximum absolute atomic E-state index is 12.3. The van der Waals surface area contributed by atoms with Gasteiger partial charge < -0.3 is 15.1 Å². The van der Waals surface area contributed by atoms with Crippen LogP contribution in [-0.2, 0) is 11.3 Å². The topological polar surface area (TPSA) is 65.5 Å². The van der Waals surface area contributed by atoms with E-state index in [-0.39, 0.29) is 18.4 Å². The van der Waals surface area contributed by atoms with Crippen LogP contribution in [0.25, 0.3) is 0 Å². The summed E-state index contributed by atoms with van der Waals surface area (Å²) < 4.78 is 0. The minimum absolute atomic E-state index is 0.0751. The lowest BCUT2D eigenvalue weighted by molar-refractivity contribution is -0.129. The average molecular weight is 288 g/mol. The SMILES string of the molecule is CN(C)C(=O)CN1Cc2nc([C@H]3CCCN3)ccc2C1=O. The van der Waals surface area contributed by atoms with Crippen LogP contribution in [0.15, 0.2) is 12.1 Å². The van der Waals surface area contributed by atoms with Gasteiger partial charge in [-0.2, -0.15) is 0 Å². The standard InChI is InChI=1S/C15H20N4O2/c1-18(2)14(20)9-19-8-13-10(15(19)21)5-6-12(17-13)11-4-3-7-16-11/h5-6,11,16H,3-4,7-9H2,1-2H3/t11-/m1/s1. The molecule has 0 aromatic carbocycles. The van der Waals surface area contributed by atoms with Crippen molar-refractivity contribution < 1.29 is 9.59 Å². The molecule has 6 nitrogen and oxygen atoms in total. The normalized spacial score (nSPS) is 20.8. The maximum Gasteiger partial charge on any atom is 0.256 e. The van der Waals surface area contributed by atoms with E-state index in [1.54, 1.807) is 19.0 Å². The molecule has 1 fully saturated rings. The van der Waals surface area contributed by atoms with Gasteiger partial charge in [-0.05, 0) is 31.5 Å². The highest BCUT2D eigenvalue weighted by molar-refractivity contribution is 5.99. The van der Waals surface area contributed by atoms with Crippen LogP contribution >= 0.6 is 0 Å². The molecule has 0 radical (unpaired) electrons. The second-order valence-corrected chi connectivity index (χ2v) is 5.83. The summed E-state index contributed by atoms with van der Waals surface area (Å²) in [6.07, 6.45) is 2.24. The Labute approximate surface area is 124 Å². The summed E-state index contributed by atoms with van der Waals surface area (Å²) >= 11 is 0. The Hall–Kier alpha value is -1.95. The van der Waals surface area contributed by atoms with Crippen LogP contribution in [0.2, 0.25) is 0 Å². The van der Waals surface area contributed by atoms with Gasteiger partial charge in [-0.15, -0.1) is 0 Å². The number of rotatable bonds is 3. The van der Waals surface area contributed by atoms with Gasteiger partial charge in [0.05, 0.1) is 23.5 Å². The third-order valence-electron chi connectivity index (χ3n) is 4.10. The first-order valence-corrected chi connectivity index (χ1v) is 7.29. The van der Waals surface area contributed by atoms with Gasteiger partial charge in [0.2, 0.25) is 5.91 Å². The highest BCUT2D eigenvalue weighted by atomic mass is 16.2. The smallest absolute Gasteiger partial charge is 0.256 e. The van der Waals surface area contributed by atoms with E-state index >= 15 is 0 Å². The first-order valence-electron chi connectivity index (χ1n) is 7.29. The quantitative estimate of drug-likeness (QED) is 0.882. The Morgan fingerprint density at radius 3 is 2.95 bits per heavy atom. The zero-order valence-electron chi connectivity index (χ0n) is 12.4. The van der Waals surface area contributed by atoms with Gasteiger partial charge in [0.25, 0.3) is 5.91 Å². The molecule has 1 saturated heterocycles. The summed E-state index contributed by atoms with van der Waals surface area (Å²) in [6, 6.07) is 4.07. The summed E-state index contributed by atoms with van der Waals surface area (Å²) in [6.45, 7) is 1.55. The van der Waals surface area contributed by atoms with Gasteiger partial charge in [-0.1, -0.05) is 0 Å². The Morgan fingerprint density at radius 2 is 2.29 bits per heavy atom. The molecule has 1 aromatic heterocycles. The molecule has 2 amide bonds. The van der Waals surface area contributed by atoms with Crippen LogP contribution in [0.4, 0.5) is 0 Å². The summed E-state index contributed by atoms with van der Waals surface area (Å²) in [4.78, 5) is 31.8. The summed E-state index contributed by atoms with van der Waals surface area (Å²) in [5, 5.41) is 3.41. The van der Waals surface area contributed by atoms with Gasteiger partial charge in [0.15, 0.2) is 0 Å². The van der Waals surface area contributed by atoms with E-state index in [1.165, 1.54) is 4.90 Å². The van der Waals surface area contributed by atoms with E-state index in [9.17, 15) is 9.59 Å². The average Bonchev–Trinajstić information content (AvgIpc) is 3.08. The number of likely N-dealkylation sites (N-methyl/N-ethyl adjacent to an activating group) is 1. The number of nitrogens with one attached hydrogen (secondary N) is 1. The molecule has 0 bridgehead atoms. The molecular formula is C15H20N4O2. The zero-order chi connectivity index (χ0) is 15.0. The molecule has 112 valence electrons. The highest BCUT2D eigenvalue weighted by Crippen LogP contribution is 2.26. The fraction of sp³-hybridized carbons (Fsp3) is 0.533. The van der Waals surface area contributed by atoms with Crippen LogP contribution in [0, 0.1) is 0 Å². The molecule has 0 unspecified atom stereocenters. The molecule has 1 aromatic rings. The Balaban J connectivity index is 1.77. The van der Waals surface area contributed by atoms with Crippen molar-refractivity contribution in [2.75, 3.05) is 27.2 Å². The zero-order valence-corrected chi connectivity index (χ0v) is 12.4. The number of pyridine rings is 1. The predicted molar refractivity (Wildman–Crippen MR) is 77.6 cm³/mol. The van der Waals surface area contributed by atoms with Crippen LogP contribution in [0.1, 0.15) is 40.6 Å². The molecule has 1 N–H and O–H groups in total. The second kappa shape index (κ2) is 5.44. The Morgan fingerprint density at radius 1 is 1.48 bits per heavy atom. The minimum atomic E-state index is -0.0985. The monoisotopic (exact) mass is 288 g/mol. The number of amides is 2. The van der Waals surface area contributed by atoms with E-state index in [0.717, 1.165) is 30.8 Å². The summed E-state index contributed by atoms with van der Waals surface area (Å²) in [5.41, 5.74) is 2.42.